The van der Waals surface area contributed by atoms with Gasteiger partial charge in [0.05, 0.1) is 4.90 Å². The van der Waals surface area contributed by atoms with Gasteiger partial charge in [0.2, 0.25) is 10.0 Å². The Morgan fingerprint density at radius 3 is 2.23 bits per heavy atom. The maximum Gasteiger partial charge on any atom is 0.257 e. The zero-order valence-corrected chi connectivity index (χ0v) is 18.2. The molecule has 2 N–H and O–H groups in total. The fourth-order valence-electron chi connectivity index (χ4n) is 3.46. The monoisotopic (exact) mass is 449 g/mol. The number of carbonyl (C=O) groups is 1. The minimum Gasteiger partial charge on any atom is -0.332 e. The SMILES string of the molecule is CN(C1CCCCC1)S(=O)(=O)c1ccc(NC(=S)NC(=O)c2ccc(F)cc2)cc1. The van der Waals surface area contributed by atoms with Crippen LogP contribution >= 0.6 is 12.2 Å². The van der Waals surface area contributed by atoms with Crippen LogP contribution in [-0.2, 0) is 10.0 Å². The van der Waals surface area contributed by atoms with Crippen molar-refractivity contribution in [2.75, 3.05) is 12.4 Å². The highest BCUT2D eigenvalue weighted by Gasteiger charge is 2.28. The molecule has 160 valence electrons. The van der Waals surface area contributed by atoms with Gasteiger partial charge in [-0.3, -0.25) is 10.1 Å². The number of amides is 1. The van der Waals surface area contributed by atoms with E-state index in [4.69, 9.17) is 12.2 Å². The van der Waals surface area contributed by atoms with Crippen molar-refractivity contribution in [1.82, 2.24) is 9.62 Å². The predicted molar refractivity (Wildman–Crippen MR) is 118 cm³/mol. The number of thiocarbonyl (C=S) groups is 1. The number of hydrogen-bond donors (Lipinski definition) is 2. The van der Waals surface area contributed by atoms with Crippen molar-refractivity contribution in [2.45, 2.75) is 43.0 Å². The lowest BCUT2D eigenvalue weighted by Gasteiger charge is -2.30. The highest BCUT2D eigenvalue weighted by Crippen LogP contribution is 2.27. The van der Waals surface area contributed by atoms with Crippen molar-refractivity contribution in [1.29, 1.82) is 0 Å². The first-order chi connectivity index (χ1) is 14.3. The minimum atomic E-state index is -3.57. The molecule has 1 aliphatic carbocycles. The van der Waals surface area contributed by atoms with Crippen molar-refractivity contribution in [3.8, 4) is 0 Å². The number of sulfonamides is 1. The number of hydrogen-bond acceptors (Lipinski definition) is 4. The first-order valence-corrected chi connectivity index (χ1v) is 11.6. The molecular weight excluding hydrogens is 425 g/mol. The normalized spacial score (nSPS) is 15.0. The predicted octanol–water partition coefficient (Wildman–Crippen LogP) is 3.91. The largest absolute Gasteiger partial charge is 0.332 e. The summed E-state index contributed by atoms with van der Waals surface area (Å²) >= 11 is 5.13. The van der Waals surface area contributed by atoms with Crippen molar-refractivity contribution >= 4 is 38.9 Å². The van der Waals surface area contributed by atoms with E-state index >= 15 is 0 Å². The number of benzene rings is 2. The Hall–Kier alpha value is -2.36. The number of halogens is 1. The van der Waals surface area contributed by atoms with Crippen LogP contribution in [-0.4, -0.2) is 36.8 Å². The van der Waals surface area contributed by atoms with E-state index in [0.717, 1.165) is 32.1 Å². The first-order valence-electron chi connectivity index (χ1n) is 9.73. The fourth-order valence-corrected chi connectivity index (χ4v) is 5.08. The molecule has 0 heterocycles. The molecule has 0 radical (unpaired) electrons. The van der Waals surface area contributed by atoms with Crippen molar-refractivity contribution < 1.29 is 17.6 Å². The van der Waals surface area contributed by atoms with Gasteiger partial charge < -0.3 is 5.32 Å². The average Bonchev–Trinajstić information content (AvgIpc) is 2.74. The molecule has 30 heavy (non-hydrogen) atoms. The van der Waals surface area contributed by atoms with Gasteiger partial charge in [0, 0.05) is 24.3 Å². The highest BCUT2D eigenvalue weighted by atomic mass is 32.2. The number of rotatable bonds is 5. The third-order valence-electron chi connectivity index (χ3n) is 5.21. The van der Waals surface area contributed by atoms with Crippen LogP contribution in [0.4, 0.5) is 10.1 Å². The van der Waals surface area contributed by atoms with Crippen LogP contribution in [0.25, 0.3) is 0 Å². The van der Waals surface area contributed by atoms with E-state index < -0.39 is 21.7 Å². The van der Waals surface area contributed by atoms with Crippen LogP contribution < -0.4 is 10.6 Å². The van der Waals surface area contributed by atoms with Gasteiger partial charge in [-0.25, -0.2) is 12.8 Å². The summed E-state index contributed by atoms with van der Waals surface area (Å²) in [6.07, 6.45) is 5.03. The van der Waals surface area contributed by atoms with Crippen molar-refractivity contribution in [3.05, 3.63) is 59.9 Å². The second-order valence-electron chi connectivity index (χ2n) is 7.25. The van der Waals surface area contributed by atoms with Gasteiger partial charge in [-0.2, -0.15) is 4.31 Å². The Labute approximate surface area is 181 Å². The molecule has 0 bridgehead atoms. The summed E-state index contributed by atoms with van der Waals surface area (Å²) in [6, 6.07) is 11.4. The Bertz CT molecular complexity index is 1000. The minimum absolute atomic E-state index is 0.0378. The van der Waals surface area contributed by atoms with Crippen LogP contribution in [0.2, 0.25) is 0 Å². The van der Waals surface area contributed by atoms with Crippen LogP contribution in [0.15, 0.2) is 53.4 Å². The van der Waals surface area contributed by atoms with Gasteiger partial charge in [-0.15, -0.1) is 0 Å². The Balaban J connectivity index is 1.61. The zero-order chi connectivity index (χ0) is 21.7. The summed E-state index contributed by atoms with van der Waals surface area (Å²) in [6.45, 7) is 0. The third kappa shape index (κ3) is 5.41. The number of nitrogens with zero attached hydrogens (tertiary/aromatic N) is 1. The van der Waals surface area contributed by atoms with Crippen molar-refractivity contribution in [2.24, 2.45) is 0 Å². The van der Waals surface area contributed by atoms with Gasteiger partial charge in [-0.05, 0) is 73.6 Å². The molecular formula is C21H24FN3O3S2. The first kappa shape index (κ1) is 22.3. The Kier molecular flexibility index (Phi) is 7.17. The van der Waals surface area contributed by atoms with Gasteiger partial charge >= 0.3 is 0 Å². The lowest BCUT2D eigenvalue weighted by atomic mass is 9.96. The highest BCUT2D eigenvalue weighted by molar-refractivity contribution is 7.89. The van der Waals surface area contributed by atoms with Gasteiger partial charge in [-0.1, -0.05) is 19.3 Å². The molecule has 0 atom stereocenters. The quantitative estimate of drug-likeness (QED) is 0.677. The standard InChI is InChI=1S/C21H24FN3O3S2/c1-25(18-5-3-2-4-6-18)30(27,28)19-13-11-17(12-14-19)23-21(29)24-20(26)15-7-9-16(22)10-8-15/h7-14,18H,2-6H2,1H3,(H2,23,24,26,29). The van der Waals surface area contributed by atoms with Crippen LogP contribution in [0, 0.1) is 5.82 Å². The lowest BCUT2D eigenvalue weighted by Crippen LogP contribution is -2.38. The zero-order valence-electron chi connectivity index (χ0n) is 16.6. The fraction of sp³-hybridized carbons (Fsp3) is 0.333. The molecule has 1 saturated carbocycles. The molecule has 0 saturated heterocycles. The molecule has 1 aliphatic rings. The van der Waals surface area contributed by atoms with Crippen LogP contribution in [0.5, 0.6) is 0 Å². The molecule has 0 spiro atoms. The van der Waals surface area contributed by atoms with Crippen molar-refractivity contribution in [3.63, 3.8) is 0 Å². The summed E-state index contributed by atoms with van der Waals surface area (Å²) < 4.78 is 40.2. The van der Waals surface area contributed by atoms with E-state index in [1.54, 1.807) is 19.2 Å². The van der Waals surface area contributed by atoms with Crippen LogP contribution in [0.3, 0.4) is 0 Å². The van der Waals surface area contributed by atoms with Gasteiger partial charge in [0.15, 0.2) is 5.11 Å². The maximum absolute atomic E-state index is 13.0. The summed E-state index contributed by atoms with van der Waals surface area (Å²) in [5.74, 6) is -0.905. The maximum atomic E-state index is 13.0. The molecule has 0 aliphatic heterocycles. The summed E-state index contributed by atoms with van der Waals surface area (Å²) in [4.78, 5) is 12.3. The molecule has 1 fully saturated rings. The molecule has 2 aromatic carbocycles. The molecule has 0 unspecified atom stereocenters. The number of anilines is 1. The van der Waals surface area contributed by atoms with E-state index in [-0.39, 0.29) is 21.6 Å². The Morgan fingerprint density at radius 2 is 1.63 bits per heavy atom. The smallest absolute Gasteiger partial charge is 0.257 e. The molecule has 6 nitrogen and oxygen atoms in total. The van der Waals surface area contributed by atoms with E-state index in [1.807, 2.05) is 0 Å². The number of nitrogens with one attached hydrogen (secondary N) is 2. The lowest BCUT2D eigenvalue weighted by molar-refractivity contribution is 0.0977. The van der Waals surface area contributed by atoms with E-state index in [0.29, 0.717) is 5.69 Å². The van der Waals surface area contributed by atoms with E-state index in [1.165, 1.54) is 40.7 Å². The van der Waals surface area contributed by atoms with Gasteiger partial charge in [0.1, 0.15) is 5.82 Å². The Morgan fingerprint density at radius 1 is 1.03 bits per heavy atom. The summed E-state index contributed by atoms with van der Waals surface area (Å²) in [5, 5.41) is 5.40. The van der Waals surface area contributed by atoms with Crippen LogP contribution in [0.1, 0.15) is 42.5 Å². The topological polar surface area (TPSA) is 78.5 Å². The van der Waals surface area contributed by atoms with E-state index in [9.17, 15) is 17.6 Å². The molecule has 1 amide bonds. The molecule has 3 rings (SSSR count). The molecule has 0 aromatic heterocycles. The molecule has 9 heteroatoms. The second kappa shape index (κ2) is 9.63. The summed E-state index contributed by atoms with van der Waals surface area (Å²) in [7, 11) is -1.93. The van der Waals surface area contributed by atoms with E-state index in [2.05, 4.69) is 10.6 Å². The van der Waals surface area contributed by atoms with Gasteiger partial charge in [0.25, 0.3) is 5.91 Å². The number of carbonyl (C=O) groups excluding carboxylic acids is 1. The molecule has 2 aromatic rings. The summed E-state index contributed by atoms with van der Waals surface area (Å²) in [5.41, 5.74) is 0.811. The second-order valence-corrected chi connectivity index (χ2v) is 9.66. The third-order valence-corrected chi connectivity index (χ3v) is 7.34. The average molecular weight is 450 g/mol.